The van der Waals surface area contributed by atoms with Crippen LogP contribution in [0, 0.1) is 0 Å². The largest absolute Gasteiger partial charge is 0.416 e. The monoisotopic (exact) mass is 413 g/mol. The van der Waals surface area contributed by atoms with Gasteiger partial charge in [0.15, 0.2) is 5.82 Å². The van der Waals surface area contributed by atoms with Gasteiger partial charge in [0, 0.05) is 5.92 Å². The zero-order chi connectivity index (χ0) is 20.9. The lowest BCUT2D eigenvalue weighted by Gasteiger charge is -2.08. The number of nitrogens with zero attached hydrogens (tertiary/aromatic N) is 5. The van der Waals surface area contributed by atoms with Crippen molar-refractivity contribution in [2.24, 2.45) is 0 Å². The van der Waals surface area contributed by atoms with Gasteiger partial charge in [-0.2, -0.15) is 18.2 Å². The zero-order valence-electron chi connectivity index (χ0n) is 15.4. The molecule has 4 aromatic rings. The zero-order valence-corrected chi connectivity index (χ0v) is 15.4. The number of hydrogen-bond donors (Lipinski definition) is 0. The summed E-state index contributed by atoms with van der Waals surface area (Å²) in [5.41, 5.74) is 0.404. The molecule has 1 aliphatic carbocycles. The summed E-state index contributed by atoms with van der Waals surface area (Å²) in [5.74, 6) is 1.23. The number of halogens is 3. The summed E-state index contributed by atoms with van der Waals surface area (Å²) in [5, 5.41) is 12.2. The SMILES string of the molecule is O=c1c2cc(-c3ccc(C(F)(F)F)cc3)ccc2nnn1Cc1nc(C2CC2)no1. The second-order valence-corrected chi connectivity index (χ2v) is 7.18. The molecule has 0 radical (unpaired) electrons. The molecule has 0 atom stereocenters. The van der Waals surface area contributed by atoms with E-state index in [1.54, 1.807) is 18.2 Å². The average Bonchev–Trinajstić information content (AvgIpc) is 3.48. The van der Waals surface area contributed by atoms with Crippen molar-refractivity contribution in [1.82, 2.24) is 25.1 Å². The maximum atomic E-state index is 12.9. The van der Waals surface area contributed by atoms with Crippen LogP contribution < -0.4 is 5.56 Å². The molecule has 2 aromatic heterocycles. The van der Waals surface area contributed by atoms with Crippen LogP contribution in [0.2, 0.25) is 0 Å². The van der Waals surface area contributed by atoms with Gasteiger partial charge in [-0.3, -0.25) is 4.79 Å². The molecule has 1 fully saturated rings. The molecule has 1 aliphatic rings. The third-order valence-corrected chi connectivity index (χ3v) is 4.98. The minimum Gasteiger partial charge on any atom is -0.337 e. The van der Waals surface area contributed by atoms with Crippen LogP contribution >= 0.6 is 0 Å². The van der Waals surface area contributed by atoms with E-state index in [1.165, 1.54) is 12.1 Å². The first-order valence-electron chi connectivity index (χ1n) is 9.26. The van der Waals surface area contributed by atoms with Crippen LogP contribution in [0.4, 0.5) is 13.2 Å². The molecular formula is C20H14F3N5O2. The maximum Gasteiger partial charge on any atom is 0.416 e. The normalized spacial score (nSPS) is 14.4. The average molecular weight is 413 g/mol. The van der Waals surface area contributed by atoms with Crippen molar-refractivity contribution in [3.8, 4) is 11.1 Å². The quantitative estimate of drug-likeness (QED) is 0.506. The van der Waals surface area contributed by atoms with Crippen LogP contribution in [0.15, 0.2) is 51.8 Å². The molecule has 0 N–H and O–H groups in total. The summed E-state index contributed by atoms with van der Waals surface area (Å²) in [7, 11) is 0. The molecule has 10 heteroatoms. The molecule has 0 unspecified atom stereocenters. The molecule has 0 amide bonds. The van der Waals surface area contributed by atoms with Crippen molar-refractivity contribution in [1.29, 1.82) is 0 Å². The van der Waals surface area contributed by atoms with E-state index in [2.05, 4.69) is 20.5 Å². The van der Waals surface area contributed by atoms with Gasteiger partial charge >= 0.3 is 6.18 Å². The van der Waals surface area contributed by atoms with Crippen LogP contribution in [0.25, 0.3) is 22.0 Å². The second kappa shape index (κ2) is 6.75. The van der Waals surface area contributed by atoms with Gasteiger partial charge in [0.05, 0.1) is 10.9 Å². The summed E-state index contributed by atoms with van der Waals surface area (Å²) in [6.07, 6.45) is -2.35. The first-order chi connectivity index (χ1) is 14.4. The van der Waals surface area contributed by atoms with Crippen LogP contribution in [0.5, 0.6) is 0 Å². The smallest absolute Gasteiger partial charge is 0.337 e. The predicted molar refractivity (Wildman–Crippen MR) is 99.6 cm³/mol. The topological polar surface area (TPSA) is 86.7 Å². The van der Waals surface area contributed by atoms with Crippen LogP contribution in [0.1, 0.15) is 36.0 Å². The van der Waals surface area contributed by atoms with Gasteiger partial charge in [-0.25, -0.2) is 4.68 Å². The molecule has 5 rings (SSSR count). The first-order valence-corrected chi connectivity index (χ1v) is 9.26. The Morgan fingerprint density at radius 1 is 1.07 bits per heavy atom. The molecule has 0 spiro atoms. The predicted octanol–water partition coefficient (Wildman–Crippen LogP) is 3.79. The fourth-order valence-corrected chi connectivity index (χ4v) is 3.18. The Morgan fingerprint density at radius 3 is 2.50 bits per heavy atom. The second-order valence-electron chi connectivity index (χ2n) is 7.18. The van der Waals surface area contributed by atoms with Crippen molar-refractivity contribution in [3.05, 3.63) is 70.1 Å². The molecule has 0 saturated heterocycles. The molecular weight excluding hydrogens is 399 g/mol. The molecule has 0 aliphatic heterocycles. The molecule has 2 aromatic carbocycles. The van der Waals surface area contributed by atoms with Gasteiger partial charge in [-0.1, -0.05) is 28.6 Å². The molecule has 2 heterocycles. The molecule has 152 valence electrons. The fraction of sp³-hybridized carbons (Fsp3) is 0.250. The number of rotatable bonds is 4. The van der Waals surface area contributed by atoms with Gasteiger partial charge in [-0.05, 0) is 48.2 Å². The highest BCUT2D eigenvalue weighted by molar-refractivity contribution is 5.83. The minimum absolute atomic E-state index is 0.00794. The van der Waals surface area contributed by atoms with Gasteiger partial charge in [0.2, 0.25) is 5.89 Å². The van der Waals surface area contributed by atoms with E-state index >= 15 is 0 Å². The van der Waals surface area contributed by atoms with E-state index in [1.807, 2.05) is 0 Å². The van der Waals surface area contributed by atoms with Crippen molar-refractivity contribution >= 4 is 10.9 Å². The van der Waals surface area contributed by atoms with E-state index in [0.717, 1.165) is 29.7 Å². The van der Waals surface area contributed by atoms with Crippen molar-refractivity contribution in [2.45, 2.75) is 31.5 Å². The van der Waals surface area contributed by atoms with Crippen molar-refractivity contribution in [3.63, 3.8) is 0 Å². The Morgan fingerprint density at radius 2 is 1.80 bits per heavy atom. The van der Waals surface area contributed by atoms with Gasteiger partial charge in [0.1, 0.15) is 12.1 Å². The molecule has 7 nitrogen and oxygen atoms in total. The molecule has 1 saturated carbocycles. The number of benzene rings is 2. The van der Waals surface area contributed by atoms with E-state index in [9.17, 15) is 18.0 Å². The summed E-state index contributed by atoms with van der Waals surface area (Å²) < 4.78 is 44.7. The van der Waals surface area contributed by atoms with E-state index in [0.29, 0.717) is 33.8 Å². The highest BCUT2D eigenvalue weighted by Gasteiger charge is 2.30. The molecule has 0 bridgehead atoms. The Balaban J connectivity index is 1.48. The van der Waals surface area contributed by atoms with Crippen LogP contribution in [-0.4, -0.2) is 25.1 Å². The fourth-order valence-electron chi connectivity index (χ4n) is 3.18. The van der Waals surface area contributed by atoms with Crippen LogP contribution in [0.3, 0.4) is 0 Å². The lowest BCUT2D eigenvalue weighted by atomic mass is 10.0. The standard InChI is InChI=1S/C20H14F3N5O2/c21-20(22,23)14-6-3-11(4-7-14)13-5-8-16-15(9-13)19(29)28(27-25-16)10-17-24-18(26-30-17)12-1-2-12/h3-9,12H,1-2,10H2. The van der Waals surface area contributed by atoms with Gasteiger partial charge in [-0.15, -0.1) is 5.10 Å². The first kappa shape index (κ1) is 18.5. The Hall–Kier alpha value is -3.56. The van der Waals surface area contributed by atoms with Crippen molar-refractivity contribution in [2.75, 3.05) is 0 Å². The van der Waals surface area contributed by atoms with E-state index in [-0.39, 0.29) is 12.4 Å². The lowest BCUT2D eigenvalue weighted by molar-refractivity contribution is -0.137. The Bertz CT molecular complexity index is 1290. The van der Waals surface area contributed by atoms with Gasteiger partial charge in [0.25, 0.3) is 5.56 Å². The molecule has 30 heavy (non-hydrogen) atoms. The third-order valence-electron chi connectivity index (χ3n) is 4.98. The number of hydrogen-bond acceptors (Lipinski definition) is 6. The highest BCUT2D eigenvalue weighted by atomic mass is 19.4. The third kappa shape index (κ3) is 3.44. The highest BCUT2D eigenvalue weighted by Crippen LogP contribution is 2.38. The number of aromatic nitrogens is 5. The number of alkyl halides is 3. The number of fused-ring (bicyclic) bond motifs is 1. The summed E-state index contributed by atoms with van der Waals surface area (Å²) in [6, 6.07) is 9.65. The summed E-state index contributed by atoms with van der Waals surface area (Å²) >= 11 is 0. The van der Waals surface area contributed by atoms with Crippen LogP contribution in [-0.2, 0) is 12.7 Å². The van der Waals surface area contributed by atoms with Crippen molar-refractivity contribution < 1.29 is 17.7 Å². The lowest BCUT2D eigenvalue weighted by Crippen LogP contribution is -2.25. The van der Waals surface area contributed by atoms with E-state index < -0.39 is 17.3 Å². The minimum atomic E-state index is -4.40. The summed E-state index contributed by atoms with van der Waals surface area (Å²) in [6.45, 7) is -0.00794. The Labute approximate surface area is 167 Å². The maximum absolute atomic E-state index is 12.9. The van der Waals surface area contributed by atoms with E-state index in [4.69, 9.17) is 4.52 Å². The summed E-state index contributed by atoms with van der Waals surface area (Å²) in [4.78, 5) is 17.2. The van der Waals surface area contributed by atoms with Gasteiger partial charge < -0.3 is 4.52 Å². The Kier molecular flexibility index (Phi) is 4.16.